The Hall–Kier alpha value is -3.30. The number of carbonyl (C=O) groups excluding carboxylic acids is 1. The van der Waals surface area contributed by atoms with Gasteiger partial charge in [0.05, 0.1) is 7.11 Å². The number of tetrazole rings is 1. The average Bonchev–Trinajstić information content (AvgIpc) is 3.26. The molecule has 0 spiro atoms. The second-order valence-corrected chi connectivity index (χ2v) is 4.57. The molecule has 23 heavy (non-hydrogen) atoms. The number of amides is 1. The topological polar surface area (TPSA) is 124 Å². The fourth-order valence-corrected chi connectivity index (χ4v) is 2.02. The molecule has 0 saturated carbocycles. The number of pyridine rings is 1. The van der Waals surface area contributed by atoms with Gasteiger partial charge in [0.15, 0.2) is 5.82 Å². The molecule has 1 amide bonds. The number of hydrogen-bond donors (Lipinski definition) is 2. The lowest BCUT2D eigenvalue weighted by molar-refractivity contribution is 0.0949. The predicted molar refractivity (Wildman–Crippen MR) is 78.1 cm³/mol. The molecular weight excluding hydrogens is 300 g/mol. The molecule has 3 heterocycles. The molecule has 10 nitrogen and oxygen atoms in total. The summed E-state index contributed by atoms with van der Waals surface area (Å²) in [6, 6.07) is 5.30. The monoisotopic (exact) mass is 314 g/mol. The van der Waals surface area contributed by atoms with Crippen LogP contribution in [0.5, 0.6) is 5.88 Å². The van der Waals surface area contributed by atoms with Crippen molar-refractivity contribution in [1.29, 1.82) is 0 Å². The highest BCUT2D eigenvalue weighted by Crippen LogP contribution is 2.13. The van der Waals surface area contributed by atoms with Crippen LogP contribution >= 0.6 is 0 Å². The Morgan fingerprint density at radius 1 is 1.48 bits per heavy atom. The minimum atomic E-state index is -0.264. The zero-order valence-corrected chi connectivity index (χ0v) is 12.3. The summed E-state index contributed by atoms with van der Waals surface area (Å²) in [6.07, 6.45) is 3.66. The standard InChI is InChI=1S/C13H14N8O2/c1-23-13-9(3-2-5-15-13)4-6-14-12(22)10-7-11(18-17-10)21-8-16-19-20-21/h2-3,5,7-8H,4,6H2,1H3,(H,14,22)(H,17,18). The van der Waals surface area contributed by atoms with E-state index in [0.29, 0.717) is 30.4 Å². The number of nitrogens with zero attached hydrogens (tertiary/aromatic N) is 6. The number of carbonyl (C=O) groups is 1. The highest BCUT2D eigenvalue weighted by Gasteiger charge is 2.11. The van der Waals surface area contributed by atoms with E-state index in [2.05, 4.69) is 36.0 Å². The molecule has 0 atom stereocenters. The van der Waals surface area contributed by atoms with E-state index in [0.717, 1.165) is 5.56 Å². The van der Waals surface area contributed by atoms with Gasteiger partial charge in [-0.1, -0.05) is 6.07 Å². The van der Waals surface area contributed by atoms with Gasteiger partial charge < -0.3 is 10.1 Å². The van der Waals surface area contributed by atoms with Crippen LogP contribution in [0, 0.1) is 0 Å². The van der Waals surface area contributed by atoms with Crippen LogP contribution in [0.1, 0.15) is 16.1 Å². The molecule has 0 aliphatic heterocycles. The SMILES string of the molecule is COc1ncccc1CCNC(=O)c1cc(-n2cnnn2)n[nH]1. The molecule has 10 heteroatoms. The zero-order chi connectivity index (χ0) is 16.1. The summed E-state index contributed by atoms with van der Waals surface area (Å²) >= 11 is 0. The van der Waals surface area contributed by atoms with E-state index in [1.54, 1.807) is 19.4 Å². The summed E-state index contributed by atoms with van der Waals surface area (Å²) in [5, 5.41) is 20.2. The maximum atomic E-state index is 12.1. The summed E-state index contributed by atoms with van der Waals surface area (Å²) < 4.78 is 6.53. The molecule has 3 aromatic heterocycles. The molecule has 0 radical (unpaired) electrons. The quantitative estimate of drug-likeness (QED) is 0.643. The second-order valence-electron chi connectivity index (χ2n) is 4.57. The van der Waals surface area contributed by atoms with Crippen LogP contribution in [-0.4, -0.2) is 55.0 Å². The summed E-state index contributed by atoms with van der Waals surface area (Å²) in [4.78, 5) is 16.2. The number of aromatic nitrogens is 7. The first-order chi connectivity index (χ1) is 11.3. The number of H-pyrrole nitrogens is 1. The second kappa shape index (κ2) is 6.64. The minimum Gasteiger partial charge on any atom is -0.481 e. The molecule has 2 N–H and O–H groups in total. The van der Waals surface area contributed by atoms with E-state index in [-0.39, 0.29) is 5.91 Å². The van der Waals surface area contributed by atoms with Crippen molar-refractivity contribution in [2.75, 3.05) is 13.7 Å². The molecule has 0 fully saturated rings. The van der Waals surface area contributed by atoms with Gasteiger partial charge in [-0.2, -0.15) is 9.78 Å². The van der Waals surface area contributed by atoms with Crippen LogP contribution < -0.4 is 10.1 Å². The van der Waals surface area contributed by atoms with E-state index in [4.69, 9.17) is 4.74 Å². The molecule has 3 aromatic rings. The Labute approximate surface area is 130 Å². The van der Waals surface area contributed by atoms with Crippen molar-refractivity contribution in [3.05, 3.63) is 42.0 Å². The zero-order valence-electron chi connectivity index (χ0n) is 12.3. The maximum Gasteiger partial charge on any atom is 0.269 e. The molecule has 0 bridgehead atoms. The number of hydrogen-bond acceptors (Lipinski definition) is 7. The Balaban J connectivity index is 1.57. The van der Waals surface area contributed by atoms with Crippen molar-refractivity contribution >= 4 is 5.91 Å². The Kier molecular flexibility index (Phi) is 4.22. The van der Waals surface area contributed by atoms with Crippen molar-refractivity contribution < 1.29 is 9.53 Å². The van der Waals surface area contributed by atoms with Gasteiger partial charge in [0.2, 0.25) is 5.88 Å². The molecule has 0 saturated heterocycles. The maximum absolute atomic E-state index is 12.1. The van der Waals surface area contributed by atoms with Gasteiger partial charge >= 0.3 is 0 Å². The first kappa shape index (κ1) is 14.6. The molecule has 0 aliphatic carbocycles. The van der Waals surface area contributed by atoms with Crippen molar-refractivity contribution in [3.63, 3.8) is 0 Å². The van der Waals surface area contributed by atoms with Gasteiger partial charge in [-0.25, -0.2) is 4.98 Å². The molecule has 118 valence electrons. The molecular formula is C13H14N8O2. The van der Waals surface area contributed by atoms with Gasteiger partial charge in [-0.15, -0.1) is 5.10 Å². The van der Waals surface area contributed by atoms with Gasteiger partial charge in [0.25, 0.3) is 5.91 Å². The smallest absolute Gasteiger partial charge is 0.269 e. The summed E-state index contributed by atoms with van der Waals surface area (Å²) in [5.74, 6) is 0.734. The Bertz CT molecular complexity index is 783. The van der Waals surface area contributed by atoms with Crippen LogP contribution in [0.3, 0.4) is 0 Å². The van der Waals surface area contributed by atoms with Crippen LogP contribution in [-0.2, 0) is 6.42 Å². The number of aromatic amines is 1. The normalized spacial score (nSPS) is 10.5. The van der Waals surface area contributed by atoms with Gasteiger partial charge in [0, 0.05) is 24.4 Å². The Morgan fingerprint density at radius 3 is 3.17 bits per heavy atom. The van der Waals surface area contributed by atoms with Crippen LogP contribution in [0.15, 0.2) is 30.7 Å². The number of rotatable bonds is 6. The summed E-state index contributed by atoms with van der Waals surface area (Å²) in [6.45, 7) is 0.445. The average molecular weight is 314 g/mol. The highest BCUT2D eigenvalue weighted by atomic mass is 16.5. The largest absolute Gasteiger partial charge is 0.481 e. The van der Waals surface area contributed by atoms with Gasteiger partial charge in [-0.05, 0) is 22.9 Å². The fourth-order valence-electron chi connectivity index (χ4n) is 2.02. The van der Waals surface area contributed by atoms with Crippen LogP contribution in [0.2, 0.25) is 0 Å². The fraction of sp³-hybridized carbons (Fsp3) is 0.231. The van der Waals surface area contributed by atoms with Crippen LogP contribution in [0.25, 0.3) is 5.82 Å². The predicted octanol–water partition coefficient (Wildman–Crippen LogP) is -0.238. The first-order valence-electron chi connectivity index (χ1n) is 6.83. The third kappa shape index (κ3) is 3.31. The number of methoxy groups -OCH3 is 1. The molecule has 0 aromatic carbocycles. The number of nitrogens with one attached hydrogen (secondary N) is 2. The van der Waals surface area contributed by atoms with Gasteiger partial charge in [0.1, 0.15) is 12.0 Å². The third-order valence-electron chi connectivity index (χ3n) is 3.12. The third-order valence-corrected chi connectivity index (χ3v) is 3.12. The lowest BCUT2D eigenvalue weighted by Gasteiger charge is -2.07. The van der Waals surface area contributed by atoms with Crippen LogP contribution in [0.4, 0.5) is 0 Å². The number of ether oxygens (including phenoxy) is 1. The minimum absolute atomic E-state index is 0.264. The van der Waals surface area contributed by atoms with Crippen molar-refractivity contribution in [1.82, 2.24) is 40.7 Å². The van der Waals surface area contributed by atoms with E-state index < -0.39 is 0 Å². The molecule has 0 unspecified atom stereocenters. The van der Waals surface area contributed by atoms with Gasteiger partial charge in [-0.3, -0.25) is 9.89 Å². The molecule has 0 aliphatic rings. The summed E-state index contributed by atoms with van der Waals surface area (Å²) in [7, 11) is 1.57. The molecule has 3 rings (SSSR count). The van der Waals surface area contributed by atoms with E-state index in [9.17, 15) is 4.79 Å². The van der Waals surface area contributed by atoms with Crippen molar-refractivity contribution in [3.8, 4) is 11.7 Å². The highest BCUT2D eigenvalue weighted by molar-refractivity contribution is 5.92. The Morgan fingerprint density at radius 2 is 2.39 bits per heavy atom. The summed E-state index contributed by atoms with van der Waals surface area (Å²) in [5.41, 5.74) is 1.25. The van der Waals surface area contributed by atoms with E-state index in [1.165, 1.54) is 11.0 Å². The van der Waals surface area contributed by atoms with Crippen molar-refractivity contribution in [2.45, 2.75) is 6.42 Å². The first-order valence-corrected chi connectivity index (χ1v) is 6.83. The van der Waals surface area contributed by atoms with Crippen molar-refractivity contribution in [2.24, 2.45) is 0 Å². The van der Waals surface area contributed by atoms with E-state index >= 15 is 0 Å². The lowest BCUT2D eigenvalue weighted by atomic mass is 10.2. The lowest BCUT2D eigenvalue weighted by Crippen LogP contribution is -2.26. The van der Waals surface area contributed by atoms with E-state index in [1.807, 2.05) is 12.1 Å².